The molecule has 2 aromatic carbocycles. The molecule has 2 atom stereocenters. The Balaban J connectivity index is 1.39. The van der Waals surface area contributed by atoms with Gasteiger partial charge in [-0.05, 0) is 80.1 Å². The lowest BCUT2D eigenvalue weighted by Crippen LogP contribution is -2.43. The summed E-state index contributed by atoms with van der Waals surface area (Å²) in [4.78, 5) is 17.8. The molecule has 3 heterocycles. The van der Waals surface area contributed by atoms with Crippen molar-refractivity contribution in [3.8, 4) is 5.75 Å². The number of likely N-dealkylation sites (tertiary alicyclic amines) is 1. The summed E-state index contributed by atoms with van der Waals surface area (Å²) in [5, 5.41) is 3.58. The van der Waals surface area contributed by atoms with E-state index < -0.39 is 0 Å². The summed E-state index contributed by atoms with van der Waals surface area (Å²) >= 11 is 0. The molecule has 2 unspecified atom stereocenters. The van der Waals surface area contributed by atoms with Gasteiger partial charge in [-0.25, -0.2) is 0 Å². The van der Waals surface area contributed by atoms with E-state index in [4.69, 9.17) is 4.74 Å². The SMILES string of the molecule is CCOc1ccc(CN2c3ccc(C(=O)N4CCC(C)CC4)cc3C3CNCCC32)cc1. The van der Waals surface area contributed by atoms with Gasteiger partial charge in [0.15, 0.2) is 0 Å². The molecule has 5 rings (SSSR count). The Kier molecular flexibility index (Phi) is 6.09. The maximum atomic E-state index is 13.2. The van der Waals surface area contributed by atoms with E-state index in [0.29, 0.717) is 18.6 Å². The first-order valence-corrected chi connectivity index (χ1v) is 12.3. The van der Waals surface area contributed by atoms with Gasteiger partial charge in [-0.15, -0.1) is 0 Å². The fourth-order valence-corrected chi connectivity index (χ4v) is 5.61. The van der Waals surface area contributed by atoms with Crippen LogP contribution in [0, 0.1) is 5.92 Å². The van der Waals surface area contributed by atoms with Crippen molar-refractivity contribution in [1.29, 1.82) is 0 Å². The highest BCUT2D eigenvalue weighted by Crippen LogP contribution is 2.44. The minimum Gasteiger partial charge on any atom is -0.494 e. The number of piperidine rings is 2. The number of carbonyl (C=O) groups is 1. The van der Waals surface area contributed by atoms with Gasteiger partial charge in [-0.2, -0.15) is 0 Å². The number of anilines is 1. The predicted molar refractivity (Wildman–Crippen MR) is 129 cm³/mol. The third-order valence-corrected chi connectivity index (χ3v) is 7.49. The summed E-state index contributed by atoms with van der Waals surface area (Å²) in [5.74, 6) is 2.29. The van der Waals surface area contributed by atoms with Crippen LogP contribution >= 0.6 is 0 Å². The second-order valence-electron chi connectivity index (χ2n) is 9.62. The van der Waals surface area contributed by atoms with Crippen molar-refractivity contribution in [3.05, 3.63) is 59.2 Å². The standard InChI is InChI=1S/C27H35N3O2/c1-3-32-22-7-4-20(5-8-22)18-30-25-9-6-21(27(31)29-14-11-19(2)12-15-29)16-23(25)24-17-28-13-10-26(24)30/h4-9,16,19,24,26,28H,3,10-15,17-18H2,1-2H3. The number of hydrogen-bond acceptors (Lipinski definition) is 4. The number of fused-ring (bicyclic) bond motifs is 3. The zero-order chi connectivity index (χ0) is 22.1. The molecule has 2 aromatic rings. The van der Waals surface area contributed by atoms with Gasteiger partial charge in [-0.1, -0.05) is 19.1 Å². The van der Waals surface area contributed by atoms with Gasteiger partial charge in [0.05, 0.1) is 6.61 Å². The van der Waals surface area contributed by atoms with E-state index in [1.807, 2.05) is 11.8 Å². The van der Waals surface area contributed by atoms with Crippen LogP contribution in [-0.2, 0) is 6.54 Å². The molecule has 3 aliphatic rings. The third-order valence-electron chi connectivity index (χ3n) is 7.49. The van der Waals surface area contributed by atoms with Gasteiger partial charge in [0.25, 0.3) is 5.91 Å². The van der Waals surface area contributed by atoms with E-state index in [0.717, 1.165) is 69.2 Å². The average molecular weight is 434 g/mol. The fourth-order valence-electron chi connectivity index (χ4n) is 5.61. The van der Waals surface area contributed by atoms with Crippen LogP contribution in [0.15, 0.2) is 42.5 Å². The molecule has 0 aromatic heterocycles. The van der Waals surface area contributed by atoms with E-state index in [1.54, 1.807) is 0 Å². The highest BCUT2D eigenvalue weighted by Gasteiger charge is 2.40. The monoisotopic (exact) mass is 433 g/mol. The van der Waals surface area contributed by atoms with E-state index in [-0.39, 0.29) is 5.91 Å². The highest BCUT2D eigenvalue weighted by molar-refractivity contribution is 5.95. The number of rotatable bonds is 5. The zero-order valence-electron chi connectivity index (χ0n) is 19.3. The van der Waals surface area contributed by atoms with Crippen molar-refractivity contribution in [2.75, 3.05) is 37.7 Å². The predicted octanol–water partition coefficient (Wildman–Crippen LogP) is 4.42. The summed E-state index contributed by atoms with van der Waals surface area (Å²) in [6, 6.07) is 15.4. The number of nitrogens with one attached hydrogen (secondary N) is 1. The van der Waals surface area contributed by atoms with Gasteiger partial charge >= 0.3 is 0 Å². The molecule has 32 heavy (non-hydrogen) atoms. The first-order chi connectivity index (χ1) is 15.6. The second kappa shape index (κ2) is 9.14. The van der Waals surface area contributed by atoms with Crippen LogP contribution < -0.4 is 15.0 Å². The van der Waals surface area contributed by atoms with Crippen molar-refractivity contribution in [3.63, 3.8) is 0 Å². The Morgan fingerprint density at radius 3 is 2.62 bits per heavy atom. The number of ether oxygens (including phenoxy) is 1. The van der Waals surface area contributed by atoms with E-state index in [1.165, 1.54) is 16.8 Å². The van der Waals surface area contributed by atoms with Gasteiger partial charge in [0, 0.05) is 49.4 Å². The molecular weight excluding hydrogens is 398 g/mol. The molecule has 0 aliphatic carbocycles. The molecule has 5 nitrogen and oxygen atoms in total. The molecule has 0 radical (unpaired) electrons. The molecule has 2 fully saturated rings. The molecule has 0 spiro atoms. The van der Waals surface area contributed by atoms with Gasteiger partial charge in [0.2, 0.25) is 0 Å². The maximum absolute atomic E-state index is 13.2. The molecular formula is C27H35N3O2. The van der Waals surface area contributed by atoms with E-state index >= 15 is 0 Å². The average Bonchev–Trinajstić information content (AvgIpc) is 3.13. The van der Waals surface area contributed by atoms with Crippen LogP contribution in [0.2, 0.25) is 0 Å². The lowest BCUT2D eigenvalue weighted by atomic mass is 9.89. The molecule has 2 saturated heterocycles. The zero-order valence-corrected chi connectivity index (χ0v) is 19.3. The Morgan fingerprint density at radius 1 is 1.09 bits per heavy atom. The minimum absolute atomic E-state index is 0.199. The van der Waals surface area contributed by atoms with Crippen molar-refractivity contribution in [2.45, 2.75) is 51.6 Å². The molecule has 0 saturated carbocycles. The molecule has 0 bridgehead atoms. The first-order valence-electron chi connectivity index (χ1n) is 12.3. The summed E-state index contributed by atoms with van der Waals surface area (Å²) in [7, 11) is 0. The minimum atomic E-state index is 0.199. The summed E-state index contributed by atoms with van der Waals surface area (Å²) < 4.78 is 5.61. The van der Waals surface area contributed by atoms with Crippen molar-refractivity contribution >= 4 is 11.6 Å². The van der Waals surface area contributed by atoms with Crippen LogP contribution in [0.3, 0.4) is 0 Å². The fraction of sp³-hybridized carbons (Fsp3) is 0.519. The topological polar surface area (TPSA) is 44.8 Å². The van der Waals surface area contributed by atoms with Crippen molar-refractivity contribution in [2.24, 2.45) is 5.92 Å². The summed E-state index contributed by atoms with van der Waals surface area (Å²) in [5.41, 5.74) is 4.78. The van der Waals surface area contributed by atoms with Crippen molar-refractivity contribution in [1.82, 2.24) is 10.2 Å². The summed E-state index contributed by atoms with van der Waals surface area (Å²) in [6.45, 7) is 9.67. The van der Waals surface area contributed by atoms with E-state index in [2.05, 4.69) is 59.6 Å². The second-order valence-corrected chi connectivity index (χ2v) is 9.62. The maximum Gasteiger partial charge on any atom is 0.253 e. The van der Waals surface area contributed by atoms with Gasteiger partial charge < -0.3 is 19.9 Å². The largest absolute Gasteiger partial charge is 0.494 e. The van der Waals surface area contributed by atoms with Crippen LogP contribution in [0.5, 0.6) is 5.75 Å². The number of carbonyl (C=O) groups excluding carboxylic acids is 1. The molecule has 170 valence electrons. The number of amides is 1. The lowest BCUT2D eigenvalue weighted by molar-refractivity contribution is 0.0697. The van der Waals surface area contributed by atoms with Crippen LogP contribution in [0.1, 0.15) is 60.5 Å². The summed E-state index contributed by atoms with van der Waals surface area (Å²) in [6.07, 6.45) is 3.35. The Labute approximate surface area is 191 Å². The number of hydrogen-bond donors (Lipinski definition) is 1. The van der Waals surface area contributed by atoms with Crippen LogP contribution in [-0.4, -0.2) is 49.6 Å². The normalized spacial score (nSPS) is 23.1. The Morgan fingerprint density at radius 2 is 1.88 bits per heavy atom. The molecule has 5 heteroatoms. The third kappa shape index (κ3) is 4.11. The Bertz CT molecular complexity index is 950. The van der Waals surface area contributed by atoms with E-state index in [9.17, 15) is 4.79 Å². The Hall–Kier alpha value is -2.53. The molecule has 3 aliphatic heterocycles. The number of nitrogens with zero attached hydrogens (tertiary/aromatic N) is 2. The molecule has 1 N–H and O–H groups in total. The van der Waals surface area contributed by atoms with Crippen LogP contribution in [0.4, 0.5) is 5.69 Å². The quantitative estimate of drug-likeness (QED) is 0.758. The highest BCUT2D eigenvalue weighted by atomic mass is 16.5. The van der Waals surface area contributed by atoms with Gasteiger partial charge in [-0.3, -0.25) is 4.79 Å². The van der Waals surface area contributed by atoms with Gasteiger partial charge in [0.1, 0.15) is 5.75 Å². The smallest absolute Gasteiger partial charge is 0.253 e. The molecule has 1 amide bonds. The first kappa shape index (κ1) is 21.3. The van der Waals surface area contributed by atoms with Crippen molar-refractivity contribution < 1.29 is 9.53 Å². The number of benzene rings is 2. The lowest BCUT2D eigenvalue weighted by Gasteiger charge is -2.34. The van der Waals surface area contributed by atoms with Crippen LogP contribution in [0.25, 0.3) is 0 Å².